The molecule has 28 heavy (non-hydrogen) atoms. The van der Waals surface area contributed by atoms with Crippen molar-refractivity contribution < 1.29 is 32.3 Å². The van der Waals surface area contributed by atoms with Crippen LogP contribution in [0.15, 0.2) is 30.3 Å². The number of nitrogens with one attached hydrogen (secondary N) is 1. The number of fused-ring (bicyclic) bond motifs is 1. The molecular formula is C18H20F3N3O4. The number of hydroxylamine groups is 2. The van der Waals surface area contributed by atoms with Crippen molar-refractivity contribution in [1.29, 1.82) is 0 Å². The molecule has 3 saturated heterocycles. The standard InChI is InChI=1S/C18H20F3N3O4/c19-18(20,21)17-11-22-8-7-13(17)27-14(15(25)23-9-4-10-23)16(26)24(17)28-12-5-2-1-3-6-12/h1-3,5-6,13-14,22H,4,7-11H2. The third kappa shape index (κ3) is 2.91. The third-order valence-electron chi connectivity index (χ3n) is 5.42. The van der Waals surface area contributed by atoms with E-state index in [4.69, 9.17) is 9.57 Å². The third-order valence-corrected chi connectivity index (χ3v) is 5.42. The predicted octanol–water partition coefficient (Wildman–Crippen LogP) is 1.10. The highest BCUT2D eigenvalue weighted by atomic mass is 19.4. The summed E-state index contributed by atoms with van der Waals surface area (Å²) in [5.74, 6) is -1.69. The SMILES string of the molecule is O=C(C1OC2CCNCC2(C(F)(F)F)N(Oc2ccccc2)C1=O)N1CCC1. The van der Waals surface area contributed by atoms with Crippen LogP contribution in [0, 0.1) is 0 Å². The maximum atomic E-state index is 14.3. The van der Waals surface area contributed by atoms with E-state index in [2.05, 4.69) is 5.32 Å². The predicted molar refractivity (Wildman–Crippen MR) is 90.0 cm³/mol. The lowest BCUT2D eigenvalue weighted by molar-refractivity contribution is -0.334. The first-order chi connectivity index (χ1) is 13.3. The molecule has 3 atom stereocenters. The van der Waals surface area contributed by atoms with Crippen LogP contribution in [0.3, 0.4) is 0 Å². The van der Waals surface area contributed by atoms with E-state index in [1.807, 2.05) is 0 Å². The molecular weight excluding hydrogens is 379 g/mol. The number of halogens is 3. The number of piperidine rings is 1. The molecule has 1 aromatic rings. The summed E-state index contributed by atoms with van der Waals surface area (Å²) in [4.78, 5) is 32.5. The molecule has 1 N–H and O–H groups in total. The van der Waals surface area contributed by atoms with Gasteiger partial charge in [0.05, 0.1) is 6.10 Å². The number of rotatable bonds is 3. The van der Waals surface area contributed by atoms with E-state index in [1.54, 1.807) is 18.2 Å². The van der Waals surface area contributed by atoms with Crippen LogP contribution >= 0.6 is 0 Å². The number of alkyl halides is 3. The summed E-state index contributed by atoms with van der Waals surface area (Å²) >= 11 is 0. The van der Waals surface area contributed by atoms with Gasteiger partial charge in [-0.15, -0.1) is 0 Å². The van der Waals surface area contributed by atoms with Gasteiger partial charge in [-0.25, -0.2) is 0 Å². The van der Waals surface area contributed by atoms with E-state index in [-0.39, 0.29) is 18.7 Å². The summed E-state index contributed by atoms with van der Waals surface area (Å²) in [6, 6.07) is 7.74. The quantitative estimate of drug-likeness (QED) is 0.771. The van der Waals surface area contributed by atoms with Crippen molar-refractivity contribution >= 4 is 11.8 Å². The van der Waals surface area contributed by atoms with Crippen molar-refractivity contribution in [3.8, 4) is 5.75 Å². The zero-order valence-corrected chi connectivity index (χ0v) is 14.9. The second-order valence-corrected chi connectivity index (χ2v) is 7.11. The fourth-order valence-electron chi connectivity index (χ4n) is 3.75. The highest BCUT2D eigenvalue weighted by Crippen LogP contribution is 2.45. The van der Waals surface area contributed by atoms with Crippen LogP contribution in [0.5, 0.6) is 5.75 Å². The maximum Gasteiger partial charge on any atom is 0.419 e. The average molecular weight is 399 g/mol. The van der Waals surface area contributed by atoms with Gasteiger partial charge >= 0.3 is 6.18 Å². The van der Waals surface area contributed by atoms with Crippen LogP contribution in [0.25, 0.3) is 0 Å². The molecule has 0 aliphatic carbocycles. The number of benzene rings is 1. The molecule has 0 aromatic heterocycles. The molecule has 152 valence electrons. The first-order valence-corrected chi connectivity index (χ1v) is 9.13. The minimum Gasteiger partial charge on any atom is -0.376 e. The van der Waals surface area contributed by atoms with Crippen molar-refractivity contribution in [2.75, 3.05) is 26.2 Å². The molecule has 4 rings (SSSR count). The summed E-state index contributed by atoms with van der Waals surface area (Å²) in [6.07, 6.45) is -7.10. The molecule has 0 bridgehead atoms. The van der Waals surface area contributed by atoms with Gasteiger partial charge in [0.15, 0.2) is 5.75 Å². The van der Waals surface area contributed by atoms with Crippen LogP contribution in [0.4, 0.5) is 13.2 Å². The summed E-state index contributed by atoms with van der Waals surface area (Å²) in [5.41, 5.74) is -2.72. The van der Waals surface area contributed by atoms with E-state index in [0.29, 0.717) is 18.2 Å². The average Bonchev–Trinajstić information content (AvgIpc) is 2.62. The summed E-state index contributed by atoms with van der Waals surface area (Å²) < 4.78 is 48.3. The number of hydrogen-bond acceptors (Lipinski definition) is 5. The Labute approximate surface area is 159 Å². The molecule has 3 unspecified atom stereocenters. The zero-order chi connectivity index (χ0) is 19.9. The van der Waals surface area contributed by atoms with Crippen molar-refractivity contribution in [2.45, 2.75) is 36.8 Å². The van der Waals surface area contributed by atoms with Gasteiger partial charge in [-0.3, -0.25) is 9.59 Å². The van der Waals surface area contributed by atoms with Gasteiger partial charge in [0.2, 0.25) is 11.6 Å². The number of ether oxygens (including phenoxy) is 1. The molecule has 7 nitrogen and oxygen atoms in total. The molecule has 0 spiro atoms. The van der Waals surface area contributed by atoms with E-state index in [0.717, 1.165) is 6.42 Å². The molecule has 3 heterocycles. The van der Waals surface area contributed by atoms with Gasteiger partial charge in [0, 0.05) is 19.6 Å². The Balaban J connectivity index is 1.74. The highest BCUT2D eigenvalue weighted by molar-refractivity contribution is 6.04. The van der Waals surface area contributed by atoms with E-state index in [1.165, 1.54) is 17.0 Å². The largest absolute Gasteiger partial charge is 0.419 e. The highest BCUT2D eigenvalue weighted by Gasteiger charge is 2.71. The van der Waals surface area contributed by atoms with Crippen LogP contribution in [0.2, 0.25) is 0 Å². The molecule has 0 saturated carbocycles. The number of carbonyl (C=O) groups excluding carboxylic acids is 2. The first-order valence-electron chi connectivity index (χ1n) is 9.13. The van der Waals surface area contributed by atoms with Gasteiger partial charge in [-0.05, 0) is 31.5 Å². The van der Waals surface area contributed by atoms with Crippen molar-refractivity contribution in [2.24, 2.45) is 0 Å². The maximum absolute atomic E-state index is 14.3. The molecule has 10 heteroatoms. The monoisotopic (exact) mass is 399 g/mol. The van der Waals surface area contributed by atoms with Gasteiger partial charge < -0.3 is 19.8 Å². The molecule has 0 radical (unpaired) electrons. The molecule has 2 amide bonds. The van der Waals surface area contributed by atoms with Crippen molar-refractivity contribution in [3.05, 3.63) is 30.3 Å². The molecule has 1 aromatic carbocycles. The second kappa shape index (κ2) is 6.93. The van der Waals surface area contributed by atoms with Crippen molar-refractivity contribution in [1.82, 2.24) is 15.3 Å². The minimum atomic E-state index is -4.83. The lowest BCUT2D eigenvalue weighted by Gasteiger charge is -2.54. The fourth-order valence-corrected chi connectivity index (χ4v) is 3.75. The summed E-state index contributed by atoms with van der Waals surface area (Å²) in [7, 11) is 0. The normalized spacial score (nSPS) is 30.5. The van der Waals surface area contributed by atoms with Crippen LogP contribution in [-0.4, -0.2) is 71.9 Å². The Morgan fingerprint density at radius 2 is 1.96 bits per heavy atom. The summed E-state index contributed by atoms with van der Waals surface area (Å²) in [6.45, 7) is 0.620. The fraction of sp³-hybridized carbons (Fsp3) is 0.556. The number of hydrogen-bond donors (Lipinski definition) is 1. The summed E-state index contributed by atoms with van der Waals surface area (Å²) in [5, 5.41) is 3.01. The Morgan fingerprint density at radius 3 is 2.57 bits per heavy atom. The minimum absolute atomic E-state index is 0.00871. The Bertz CT molecular complexity index is 756. The van der Waals surface area contributed by atoms with E-state index < -0.39 is 42.3 Å². The molecule has 3 aliphatic rings. The molecule has 3 fully saturated rings. The number of morpholine rings is 1. The lowest BCUT2D eigenvalue weighted by atomic mass is 9.83. The van der Waals surface area contributed by atoms with Gasteiger partial charge in [-0.2, -0.15) is 18.2 Å². The number of amides is 2. The number of likely N-dealkylation sites (tertiary alicyclic amines) is 1. The second-order valence-electron chi connectivity index (χ2n) is 7.11. The topological polar surface area (TPSA) is 71.1 Å². The zero-order valence-electron chi connectivity index (χ0n) is 14.9. The van der Waals surface area contributed by atoms with Crippen LogP contribution in [0.1, 0.15) is 12.8 Å². The smallest absolute Gasteiger partial charge is 0.376 e. The van der Waals surface area contributed by atoms with Gasteiger partial charge in [0.1, 0.15) is 0 Å². The lowest BCUT2D eigenvalue weighted by Crippen LogP contribution is -2.80. The first kappa shape index (κ1) is 19.0. The Hall–Kier alpha value is -2.33. The van der Waals surface area contributed by atoms with E-state index >= 15 is 0 Å². The van der Waals surface area contributed by atoms with Gasteiger partial charge in [0.25, 0.3) is 11.8 Å². The Morgan fingerprint density at radius 1 is 1.25 bits per heavy atom. The van der Waals surface area contributed by atoms with E-state index in [9.17, 15) is 22.8 Å². The number of carbonyl (C=O) groups is 2. The Kier molecular flexibility index (Phi) is 4.70. The van der Waals surface area contributed by atoms with Crippen LogP contribution < -0.4 is 10.2 Å². The van der Waals surface area contributed by atoms with Crippen LogP contribution in [-0.2, 0) is 14.3 Å². The van der Waals surface area contributed by atoms with Gasteiger partial charge in [-0.1, -0.05) is 18.2 Å². The number of nitrogens with zero attached hydrogens (tertiary/aromatic N) is 2. The number of para-hydroxylation sites is 1. The van der Waals surface area contributed by atoms with Crippen molar-refractivity contribution in [3.63, 3.8) is 0 Å². The molecule has 3 aliphatic heterocycles.